The Morgan fingerprint density at radius 1 is 1.06 bits per heavy atom. The first-order valence-electron chi connectivity index (χ1n) is 9.90. The van der Waals surface area contributed by atoms with Crippen molar-refractivity contribution in [1.82, 2.24) is 4.57 Å². The molecular formula is C24H23NO6. The lowest BCUT2D eigenvalue weighted by Gasteiger charge is -2.10. The number of ketones is 1. The average Bonchev–Trinajstić information content (AvgIpc) is 3.45. The molecule has 0 fully saturated rings. The monoisotopic (exact) mass is 421 g/mol. The van der Waals surface area contributed by atoms with E-state index in [2.05, 4.69) is 0 Å². The topological polar surface area (TPSA) is 79.9 Å². The molecule has 0 saturated carbocycles. The fourth-order valence-electron chi connectivity index (χ4n) is 3.50. The molecule has 0 aliphatic carbocycles. The Kier molecular flexibility index (Phi) is 5.66. The second-order valence-electron chi connectivity index (χ2n) is 7.37. The maximum absolute atomic E-state index is 12.6. The number of rotatable bonds is 7. The Hall–Kier alpha value is -3.74. The molecule has 7 nitrogen and oxygen atoms in total. The Labute approximate surface area is 179 Å². The van der Waals surface area contributed by atoms with Crippen molar-refractivity contribution in [2.24, 2.45) is 0 Å². The molecule has 0 amide bonds. The molecule has 31 heavy (non-hydrogen) atoms. The van der Waals surface area contributed by atoms with Gasteiger partial charge in [0.2, 0.25) is 12.6 Å². The van der Waals surface area contributed by atoms with Gasteiger partial charge < -0.3 is 23.2 Å². The Bertz CT molecular complexity index is 1170. The van der Waals surface area contributed by atoms with Gasteiger partial charge >= 0.3 is 5.97 Å². The number of aryl methyl sites for hydroxylation is 2. The number of hydrogen-bond acceptors (Lipinski definition) is 6. The highest BCUT2D eigenvalue weighted by Crippen LogP contribution is 2.33. The van der Waals surface area contributed by atoms with Gasteiger partial charge in [-0.15, -0.1) is 0 Å². The van der Waals surface area contributed by atoms with E-state index >= 15 is 0 Å². The molecule has 0 N–H and O–H groups in total. The zero-order valence-electron chi connectivity index (χ0n) is 17.6. The van der Waals surface area contributed by atoms with Crippen LogP contribution in [-0.2, 0) is 16.1 Å². The molecule has 0 radical (unpaired) electrons. The molecule has 4 rings (SSSR count). The summed E-state index contributed by atoms with van der Waals surface area (Å²) < 4.78 is 23.3. The van der Waals surface area contributed by atoms with Crippen LogP contribution in [0.2, 0.25) is 0 Å². The number of Topliss-reactive ketones (excluding diaryl/α,β-unsaturated/α-hetero) is 1. The van der Waals surface area contributed by atoms with E-state index in [1.807, 2.05) is 49.6 Å². The lowest BCUT2D eigenvalue weighted by Crippen LogP contribution is -2.13. The first-order valence-corrected chi connectivity index (χ1v) is 9.90. The quantitative estimate of drug-likeness (QED) is 0.323. The van der Waals surface area contributed by atoms with E-state index in [-0.39, 0.29) is 19.2 Å². The molecule has 7 heteroatoms. The summed E-state index contributed by atoms with van der Waals surface area (Å²) in [7, 11) is 0. The first-order chi connectivity index (χ1) is 14.9. The van der Waals surface area contributed by atoms with Crippen molar-refractivity contribution in [2.75, 3.05) is 13.4 Å². The number of furan rings is 1. The van der Waals surface area contributed by atoms with Crippen LogP contribution in [0.3, 0.4) is 0 Å². The van der Waals surface area contributed by atoms with Gasteiger partial charge in [-0.3, -0.25) is 4.79 Å². The van der Waals surface area contributed by atoms with Crippen molar-refractivity contribution in [1.29, 1.82) is 0 Å². The largest absolute Gasteiger partial charge is 0.462 e. The zero-order chi connectivity index (χ0) is 22.0. The van der Waals surface area contributed by atoms with Crippen LogP contribution in [0.5, 0.6) is 11.5 Å². The summed E-state index contributed by atoms with van der Waals surface area (Å²) in [6.07, 6.45) is 2.76. The minimum absolute atomic E-state index is 0.230. The average molecular weight is 421 g/mol. The van der Waals surface area contributed by atoms with Gasteiger partial charge in [0.05, 0.1) is 0 Å². The van der Waals surface area contributed by atoms with Gasteiger partial charge in [-0.25, -0.2) is 4.79 Å². The van der Waals surface area contributed by atoms with Crippen LogP contribution < -0.4 is 9.47 Å². The summed E-state index contributed by atoms with van der Waals surface area (Å²) in [6, 6.07) is 11.2. The van der Waals surface area contributed by atoms with Crippen LogP contribution >= 0.6 is 0 Å². The highest BCUT2D eigenvalue weighted by atomic mass is 16.7. The third-order valence-electron chi connectivity index (χ3n) is 5.14. The van der Waals surface area contributed by atoms with Crippen LogP contribution in [0.4, 0.5) is 0 Å². The third kappa shape index (κ3) is 4.55. The van der Waals surface area contributed by atoms with Crippen LogP contribution in [0, 0.1) is 20.8 Å². The number of carbonyl (C=O) groups is 2. The number of hydrogen-bond donors (Lipinski definition) is 0. The molecule has 0 spiro atoms. The maximum Gasteiger partial charge on any atom is 0.331 e. The van der Waals surface area contributed by atoms with E-state index in [1.165, 1.54) is 12.2 Å². The number of carbonyl (C=O) groups excluding carboxylic acids is 2. The van der Waals surface area contributed by atoms with Crippen LogP contribution in [0.1, 0.15) is 38.8 Å². The molecule has 0 bridgehead atoms. The second kappa shape index (κ2) is 8.55. The summed E-state index contributed by atoms with van der Waals surface area (Å²) in [5, 5.41) is 0. The van der Waals surface area contributed by atoms with Gasteiger partial charge in [0, 0.05) is 29.6 Å². The van der Waals surface area contributed by atoms with Crippen molar-refractivity contribution in [3.05, 3.63) is 76.5 Å². The van der Waals surface area contributed by atoms with E-state index in [1.54, 1.807) is 12.1 Å². The number of esters is 1. The first kappa shape index (κ1) is 20.5. The number of benzene rings is 1. The van der Waals surface area contributed by atoms with Crippen LogP contribution in [-0.4, -0.2) is 29.7 Å². The van der Waals surface area contributed by atoms with E-state index in [0.717, 1.165) is 34.2 Å². The van der Waals surface area contributed by atoms with Gasteiger partial charge in [-0.05, 0) is 62.7 Å². The summed E-state index contributed by atoms with van der Waals surface area (Å²) in [5.74, 6) is 1.91. The van der Waals surface area contributed by atoms with E-state index < -0.39 is 5.97 Å². The van der Waals surface area contributed by atoms with Gasteiger partial charge in [0.25, 0.3) is 0 Å². The molecule has 1 aromatic carbocycles. The summed E-state index contributed by atoms with van der Waals surface area (Å²) in [5.41, 5.74) is 3.34. The molecule has 0 atom stereocenters. The smallest absolute Gasteiger partial charge is 0.331 e. The summed E-state index contributed by atoms with van der Waals surface area (Å²) >= 11 is 0. The predicted molar refractivity (Wildman–Crippen MR) is 113 cm³/mol. The van der Waals surface area contributed by atoms with Crippen molar-refractivity contribution in [3.63, 3.8) is 0 Å². The Morgan fingerprint density at radius 2 is 1.87 bits per heavy atom. The fourth-order valence-corrected chi connectivity index (χ4v) is 3.50. The highest BCUT2D eigenvalue weighted by Gasteiger charge is 2.18. The molecule has 3 aromatic rings. The van der Waals surface area contributed by atoms with E-state index in [9.17, 15) is 9.59 Å². The lowest BCUT2D eigenvalue weighted by molar-refractivity contribution is -0.136. The van der Waals surface area contributed by atoms with E-state index in [4.69, 9.17) is 18.6 Å². The fraction of sp³-hybridized carbons (Fsp3) is 0.250. The van der Waals surface area contributed by atoms with Gasteiger partial charge in [-0.1, -0.05) is 6.07 Å². The zero-order valence-corrected chi connectivity index (χ0v) is 17.6. The van der Waals surface area contributed by atoms with Gasteiger partial charge in [0.15, 0.2) is 18.1 Å². The Balaban J connectivity index is 1.39. The SMILES string of the molecule is Cc1ccc(C=CC(=O)OCC(=O)c2cc(C)n(Cc3ccc4c(c3)OCO4)c2C)o1. The predicted octanol–water partition coefficient (Wildman–Crippen LogP) is 4.22. The molecule has 0 unspecified atom stereocenters. The van der Waals surface area contributed by atoms with Crippen molar-refractivity contribution in [3.8, 4) is 11.5 Å². The third-order valence-corrected chi connectivity index (χ3v) is 5.14. The minimum Gasteiger partial charge on any atom is -0.462 e. The number of ether oxygens (including phenoxy) is 3. The van der Waals surface area contributed by atoms with Crippen LogP contribution in [0.25, 0.3) is 6.08 Å². The van der Waals surface area contributed by atoms with Crippen molar-refractivity contribution < 1.29 is 28.2 Å². The molecule has 1 aliphatic heterocycles. The second-order valence-corrected chi connectivity index (χ2v) is 7.37. The Morgan fingerprint density at radius 3 is 2.65 bits per heavy atom. The minimum atomic E-state index is -0.600. The molecule has 3 heterocycles. The highest BCUT2D eigenvalue weighted by molar-refractivity contribution is 6.00. The normalized spacial score (nSPS) is 12.5. The molecular weight excluding hydrogens is 398 g/mol. The number of aromatic nitrogens is 1. The number of fused-ring (bicyclic) bond motifs is 1. The maximum atomic E-state index is 12.6. The van der Waals surface area contributed by atoms with Crippen molar-refractivity contribution >= 4 is 17.8 Å². The molecule has 160 valence electrons. The van der Waals surface area contributed by atoms with Gasteiger partial charge in [-0.2, -0.15) is 0 Å². The molecule has 0 saturated heterocycles. The van der Waals surface area contributed by atoms with E-state index in [0.29, 0.717) is 17.9 Å². The lowest BCUT2D eigenvalue weighted by atomic mass is 10.1. The summed E-state index contributed by atoms with van der Waals surface area (Å²) in [6.45, 7) is 6.14. The standard InChI is InChI=1S/C24H23NO6/c1-15-10-20(21(26)13-28-24(27)9-7-19-6-4-16(2)31-19)17(3)25(15)12-18-5-8-22-23(11-18)30-14-29-22/h4-11H,12-14H2,1-3H3. The van der Waals surface area contributed by atoms with Gasteiger partial charge in [0.1, 0.15) is 11.5 Å². The van der Waals surface area contributed by atoms with Crippen molar-refractivity contribution in [2.45, 2.75) is 27.3 Å². The van der Waals surface area contributed by atoms with Crippen LogP contribution in [0.15, 0.2) is 46.9 Å². The number of nitrogens with zero attached hydrogens (tertiary/aromatic N) is 1. The molecule has 2 aromatic heterocycles. The molecule has 1 aliphatic rings. The summed E-state index contributed by atoms with van der Waals surface area (Å²) in [4.78, 5) is 24.6.